The number of benzene rings is 18. The molecule has 2 heterocycles. The molecule has 0 aliphatic carbocycles. The van der Waals surface area contributed by atoms with Crippen LogP contribution >= 0.6 is 0 Å². The number of hydrogen-bond acceptors (Lipinski definition) is 2. The molecule has 16 heteroatoms. The Hall–Kier alpha value is -14.6. The molecule has 584 valence electrons. The van der Waals surface area contributed by atoms with Crippen LogP contribution in [0.1, 0.15) is 22.3 Å². The van der Waals surface area contributed by atoms with E-state index in [1.54, 1.807) is 91.0 Å². The average Bonchev–Trinajstić information content (AvgIpc) is 0.869. The van der Waals surface area contributed by atoms with Crippen LogP contribution in [0.4, 0.5) is 86.8 Å². The third-order valence-electron chi connectivity index (χ3n) is 22.4. The number of rotatable bonds is 12. The van der Waals surface area contributed by atoms with Crippen molar-refractivity contribution in [2.45, 2.75) is 24.7 Å². The van der Waals surface area contributed by atoms with Gasteiger partial charge in [0.25, 0.3) is 0 Å². The van der Waals surface area contributed by atoms with E-state index < -0.39 is 47.0 Å². The lowest BCUT2D eigenvalue weighted by Gasteiger charge is -2.30. The molecule has 0 radical (unpaired) electrons. The molecule has 0 unspecified atom stereocenters. The fourth-order valence-corrected chi connectivity index (χ4v) is 17.6. The normalized spacial score (nSPS) is 12.2. The lowest BCUT2D eigenvalue weighted by molar-refractivity contribution is -0.137. The SMILES string of the molecule is FC(F)(F)c1ccccc1-c1c2ccccc2c(-c2ccccc2C(F)(F)F)c2c(N(c3ccccc3)c3ccc4c(c3)c3ccccc3n4-c3ccccc3)cccc12.FC(F)(F)c1ccccc1-c1c2ccccc2c(-c2ccccc2C(F)(F)F)c2cc(N(c3ccccc3)c3ccc4c(c3)c3ccccc3n4-c3ccccc3)ccc12. The van der Waals surface area contributed by atoms with Gasteiger partial charge in [-0.3, -0.25) is 0 Å². The highest BCUT2D eigenvalue weighted by atomic mass is 19.4. The highest BCUT2D eigenvalue weighted by Gasteiger charge is 2.40. The molecule has 18 aromatic carbocycles. The highest BCUT2D eigenvalue weighted by Crippen LogP contribution is 2.56. The van der Waals surface area contributed by atoms with E-state index >= 15 is 13.2 Å². The average molecular weight is 1600 g/mol. The third kappa shape index (κ3) is 13.2. The van der Waals surface area contributed by atoms with Gasteiger partial charge in [0, 0.05) is 72.3 Å². The number of aromatic nitrogens is 2. The summed E-state index contributed by atoms with van der Waals surface area (Å²) in [6.07, 6.45) is -18.9. The summed E-state index contributed by atoms with van der Waals surface area (Å²) < 4.78 is 184. The molecule has 0 atom stereocenters. The van der Waals surface area contributed by atoms with Crippen LogP contribution in [0.25, 0.3) is 143 Å². The van der Waals surface area contributed by atoms with Gasteiger partial charge in [-0.05, 0) is 216 Å². The first kappa shape index (κ1) is 75.4. The van der Waals surface area contributed by atoms with Gasteiger partial charge in [0.1, 0.15) is 0 Å². The molecule has 0 spiro atoms. The molecule has 120 heavy (non-hydrogen) atoms. The van der Waals surface area contributed by atoms with E-state index in [2.05, 4.69) is 63.7 Å². The molecule has 2 aromatic heterocycles. The summed E-state index contributed by atoms with van der Waals surface area (Å²) in [7, 11) is 0. The number of anilines is 6. The Morgan fingerprint density at radius 2 is 0.458 bits per heavy atom. The fourth-order valence-electron chi connectivity index (χ4n) is 17.6. The summed E-state index contributed by atoms with van der Waals surface area (Å²) in [4.78, 5) is 4.02. The smallest absolute Gasteiger partial charge is 0.310 e. The molecule has 0 aliphatic rings. The first-order valence-corrected chi connectivity index (χ1v) is 38.7. The van der Waals surface area contributed by atoms with Gasteiger partial charge >= 0.3 is 24.7 Å². The number of para-hydroxylation sites is 6. The van der Waals surface area contributed by atoms with Crippen molar-refractivity contribution in [3.8, 4) is 55.9 Å². The minimum absolute atomic E-state index is 0.0604. The molecule has 4 nitrogen and oxygen atoms in total. The fraction of sp³-hybridized carbons (Fsp3) is 0.0385. The van der Waals surface area contributed by atoms with Crippen molar-refractivity contribution in [1.29, 1.82) is 0 Å². The number of halogens is 12. The zero-order valence-corrected chi connectivity index (χ0v) is 63.3. The van der Waals surface area contributed by atoms with Crippen molar-refractivity contribution in [1.82, 2.24) is 9.13 Å². The Morgan fingerprint density at radius 1 is 0.183 bits per heavy atom. The lowest BCUT2D eigenvalue weighted by atomic mass is 9.82. The minimum Gasteiger partial charge on any atom is -0.310 e. The van der Waals surface area contributed by atoms with Crippen LogP contribution < -0.4 is 9.80 Å². The molecule has 0 N–H and O–H groups in total. The van der Waals surface area contributed by atoms with Crippen molar-refractivity contribution >= 4 is 121 Å². The number of nitrogens with zero attached hydrogens (tertiary/aromatic N) is 4. The third-order valence-corrected chi connectivity index (χ3v) is 22.4. The standard InChI is InChI=1S/2C52H32F6N2/c53-51(54,55)43-26-12-9-23-39(43)48-37-21-7-8-22-38(37)49(40-24-10-13-27-44(40)52(56,57)58)50-41(48)25-15-29-47(50)59(33-16-3-1-4-17-33)35-30-31-46-42(32-35)36-20-11-14-28-45(36)60(46)34-18-5-2-6-19-34;53-51(54,55)45-24-12-9-22-41(45)49-38-20-7-8-21-39(38)50(42-23-10-13-25-46(42)52(56,57)58)44-32-35(27-29-40(44)49)59(33-15-3-1-4-16-33)36-28-30-48-43(31-36)37-19-11-14-26-47(37)60(48)34-17-5-2-6-18-34/h2*1-32H. The van der Waals surface area contributed by atoms with Gasteiger partial charge in [0.15, 0.2) is 0 Å². The Kier molecular flexibility index (Phi) is 18.7. The maximum atomic E-state index is 15.1. The van der Waals surface area contributed by atoms with E-state index in [1.807, 2.05) is 180 Å². The summed E-state index contributed by atoms with van der Waals surface area (Å²) >= 11 is 0. The molecule has 0 saturated heterocycles. The molecule has 0 bridgehead atoms. The summed E-state index contributed by atoms with van der Waals surface area (Å²) in [6, 6.07) is 114. The topological polar surface area (TPSA) is 16.3 Å². The maximum Gasteiger partial charge on any atom is 0.417 e. The Morgan fingerprint density at radius 3 is 0.867 bits per heavy atom. The Bertz CT molecular complexity index is 7280. The van der Waals surface area contributed by atoms with Crippen LogP contribution in [-0.2, 0) is 24.7 Å². The second-order valence-corrected chi connectivity index (χ2v) is 29.3. The van der Waals surface area contributed by atoms with Gasteiger partial charge in [0.2, 0.25) is 0 Å². The first-order chi connectivity index (χ1) is 58.2. The van der Waals surface area contributed by atoms with Crippen molar-refractivity contribution in [3.63, 3.8) is 0 Å². The highest BCUT2D eigenvalue weighted by molar-refractivity contribution is 6.27. The summed E-state index contributed by atoms with van der Waals surface area (Å²) in [5.41, 5.74) is 7.49. The summed E-state index contributed by atoms with van der Waals surface area (Å²) in [6.45, 7) is 0. The molecular weight excluding hydrogens is 1530 g/mol. The van der Waals surface area contributed by atoms with E-state index in [4.69, 9.17) is 0 Å². The predicted octanol–water partition coefficient (Wildman–Crippen LogP) is 31.9. The molecule has 0 saturated carbocycles. The maximum absolute atomic E-state index is 15.1. The van der Waals surface area contributed by atoms with E-state index in [0.29, 0.717) is 65.8 Å². The van der Waals surface area contributed by atoms with E-state index in [0.717, 1.165) is 90.6 Å². The van der Waals surface area contributed by atoms with Crippen LogP contribution in [0.2, 0.25) is 0 Å². The Labute approximate surface area is 679 Å². The molecule has 0 aliphatic heterocycles. The quantitative estimate of drug-likeness (QED) is 0.0895. The van der Waals surface area contributed by atoms with Gasteiger partial charge in [-0.1, -0.05) is 249 Å². The minimum atomic E-state index is -4.74. The van der Waals surface area contributed by atoms with Crippen LogP contribution in [0.5, 0.6) is 0 Å². The summed E-state index contributed by atoms with van der Waals surface area (Å²) in [5, 5.41) is 7.06. The molecule has 0 fully saturated rings. The number of fused-ring (bicyclic) bond motifs is 10. The van der Waals surface area contributed by atoms with Gasteiger partial charge in [-0.15, -0.1) is 0 Å². The molecule has 20 rings (SSSR count). The monoisotopic (exact) mass is 1600 g/mol. The second-order valence-electron chi connectivity index (χ2n) is 29.3. The van der Waals surface area contributed by atoms with Crippen molar-refractivity contribution in [3.05, 3.63) is 411 Å². The van der Waals surface area contributed by atoms with Gasteiger partial charge in [-0.25, -0.2) is 0 Å². The van der Waals surface area contributed by atoms with Crippen molar-refractivity contribution < 1.29 is 52.7 Å². The lowest BCUT2D eigenvalue weighted by Crippen LogP contribution is -2.12. The van der Waals surface area contributed by atoms with E-state index in [-0.39, 0.29) is 44.5 Å². The largest absolute Gasteiger partial charge is 0.417 e. The van der Waals surface area contributed by atoms with Crippen molar-refractivity contribution in [2.24, 2.45) is 0 Å². The van der Waals surface area contributed by atoms with Gasteiger partial charge in [-0.2, -0.15) is 52.7 Å². The van der Waals surface area contributed by atoms with Crippen LogP contribution in [0, 0.1) is 0 Å². The second kappa shape index (κ2) is 29.8. The predicted molar refractivity (Wildman–Crippen MR) is 463 cm³/mol. The van der Waals surface area contributed by atoms with E-state index in [9.17, 15) is 39.5 Å². The Balaban J connectivity index is 0.000000159. The molecule has 20 aromatic rings. The van der Waals surface area contributed by atoms with E-state index in [1.165, 1.54) is 48.5 Å². The molecular formula is C104H64F12N4. The van der Waals surface area contributed by atoms with Gasteiger partial charge < -0.3 is 18.9 Å². The zero-order valence-electron chi connectivity index (χ0n) is 63.3. The summed E-state index contributed by atoms with van der Waals surface area (Å²) in [5.74, 6) is 0. The number of hydrogen-bond donors (Lipinski definition) is 0. The first-order valence-electron chi connectivity index (χ1n) is 38.7. The number of alkyl halides is 12. The van der Waals surface area contributed by atoms with Crippen LogP contribution in [0.3, 0.4) is 0 Å². The van der Waals surface area contributed by atoms with Crippen LogP contribution in [0.15, 0.2) is 388 Å². The zero-order chi connectivity index (χ0) is 82.3. The van der Waals surface area contributed by atoms with Crippen LogP contribution in [-0.4, -0.2) is 9.13 Å². The molecule has 0 amide bonds. The van der Waals surface area contributed by atoms with Gasteiger partial charge in [0.05, 0.1) is 50.0 Å². The van der Waals surface area contributed by atoms with Crippen molar-refractivity contribution in [2.75, 3.05) is 9.80 Å².